The van der Waals surface area contributed by atoms with Crippen molar-refractivity contribution in [3.8, 4) is 0 Å². The van der Waals surface area contributed by atoms with Gasteiger partial charge in [-0.2, -0.15) is 0 Å². The Morgan fingerprint density at radius 1 is 1.62 bits per heavy atom. The van der Waals surface area contributed by atoms with Crippen LogP contribution in [0.2, 0.25) is 0 Å². The lowest BCUT2D eigenvalue weighted by Crippen LogP contribution is -2.23. The second-order valence-electron chi connectivity index (χ2n) is 2.97. The Labute approximate surface area is 100 Å². The summed E-state index contributed by atoms with van der Waals surface area (Å²) in [6.07, 6.45) is 1.31. The fourth-order valence-electron chi connectivity index (χ4n) is 1.11. The molecule has 0 radical (unpaired) electrons. The summed E-state index contributed by atoms with van der Waals surface area (Å²) in [6, 6.07) is 5.35. The van der Waals surface area contributed by atoms with Crippen LogP contribution >= 0.6 is 15.9 Å². The quantitative estimate of drug-likeness (QED) is 0.515. The first-order valence-electron chi connectivity index (χ1n) is 4.32. The maximum absolute atomic E-state index is 10.7. The van der Waals surface area contributed by atoms with Crippen molar-refractivity contribution in [2.24, 2.45) is 5.11 Å². The Morgan fingerprint density at radius 3 is 2.88 bits per heavy atom. The summed E-state index contributed by atoms with van der Waals surface area (Å²) in [5.41, 5.74) is 7.68. The van der Waals surface area contributed by atoms with Gasteiger partial charge in [-0.15, -0.1) is 0 Å². The van der Waals surface area contributed by atoms with Crippen LogP contribution in [0.25, 0.3) is 6.08 Å². The van der Waals surface area contributed by atoms with Gasteiger partial charge < -0.3 is 9.90 Å². The number of benzene rings is 1. The van der Waals surface area contributed by atoms with Crippen LogP contribution in [0.15, 0.2) is 33.5 Å². The van der Waals surface area contributed by atoms with E-state index in [0.29, 0.717) is 5.56 Å². The first-order valence-corrected chi connectivity index (χ1v) is 5.11. The number of rotatable bonds is 3. The smallest absolute Gasteiger partial charge is 0.220 e. The summed E-state index contributed by atoms with van der Waals surface area (Å²) >= 11 is 3.33. The highest BCUT2D eigenvalue weighted by molar-refractivity contribution is 9.10. The van der Waals surface area contributed by atoms with Crippen LogP contribution in [0.5, 0.6) is 0 Å². The van der Waals surface area contributed by atoms with Gasteiger partial charge in [-0.25, -0.2) is 0 Å². The van der Waals surface area contributed by atoms with E-state index < -0.39 is 5.97 Å². The SMILES string of the molecule is Cc1c(Br)cccc1C=C(N=[N+]=N)C(=O)[O-]. The number of hydrogen-bond acceptors (Lipinski definition) is 4. The van der Waals surface area contributed by atoms with Crippen molar-refractivity contribution in [1.29, 1.82) is 5.53 Å². The summed E-state index contributed by atoms with van der Waals surface area (Å²) < 4.78 is 0.863. The number of halogens is 1. The van der Waals surface area contributed by atoms with E-state index in [-0.39, 0.29) is 5.70 Å². The van der Waals surface area contributed by atoms with E-state index in [0.717, 1.165) is 10.0 Å². The lowest BCUT2D eigenvalue weighted by Gasteiger charge is -2.03. The molecule has 82 valence electrons. The fourth-order valence-corrected chi connectivity index (χ4v) is 1.49. The molecule has 0 heterocycles. The molecule has 0 aromatic heterocycles. The molecule has 0 spiro atoms. The molecule has 0 amide bonds. The molecule has 0 unspecified atom stereocenters. The largest absolute Gasteiger partial charge is 0.543 e. The molecule has 0 saturated heterocycles. The number of hydrogen-bond donors (Lipinski definition) is 1. The Morgan fingerprint density at radius 2 is 2.31 bits per heavy atom. The second-order valence-corrected chi connectivity index (χ2v) is 3.83. The molecular formula is C10H8BrN3O2. The molecule has 0 aliphatic rings. The van der Waals surface area contributed by atoms with E-state index in [1.807, 2.05) is 13.0 Å². The molecule has 16 heavy (non-hydrogen) atoms. The van der Waals surface area contributed by atoms with E-state index in [4.69, 9.17) is 5.53 Å². The van der Waals surface area contributed by atoms with Gasteiger partial charge >= 0.3 is 0 Å². The minimum atomic E-state index is -1.46. The average molecular weight is 282 g/mol. The third-order valence-electron chi connectivity index (χ3n) is 1.97. The first kappa shape index (κ1) is 12.3. The zero-order valence-electron chi connectivity index (χ0n) is 8.40. The normalized spacial score (nSPS) is 10.8. The molecule has 1 rings (SSSR count). The van der Waals surface area contributed by atoms with Crippen molar-refractivity contribution in [3.05, 3.63) is 39.5 Å². The second kappa shape index (κ2) is 5.34. The predicted octanol–water partition coefficient (Wildman–Crippen LogP) is 1.40. The van der Waals surface area contributed by atoms with Gasteiger partial charge in [-0.05, 0) is 30.2 Å². The monoisotopic (exact) mass is 281 g/mol. The van der Waals surface area contributed by atoms with Crippen molar-refractivity contribution >= 4 is 28.0 Å². The van der Waals surface area contributed by atoms with Crippen molar-refractivity contribution in [3.63, 3.8) is 0 Å². The maximum atomic E-state index is 10.7. The summed E-state index contributed by atoms with van der Waals surface area (Å²) in [6.45, 7) is 1.83. The number of aliphatic carboxylic acids is 1. The zero-order chi connectivity index (χ0) is 12.1. The van der Waals surface area contributed by atoms with E-state index in [1.54, 1.807) is 12.1 Å². The number of carboxylic acids is 1. The van der Waals surface area contributed by atoms with Gasteiger partial charge in [0.15, 0.2) is 10.8 Å². The number of carboxylic acid groups (broad SMARTS) is 1. The molecular weight excluding hydrogens is 274 g/mol. The van der Waals surface area contributed by atoms with Crippen LogP contribution in [0.3, 0.4) is 0 Å². The summed E-state index contributed by atoms with van der Waals surface area (Å²) in [5.74, 6) is -1.46. The highest BCUT2D eigenvalue weighted by Crippen LogP contribution is 2.21. The highest BCUT2D eigenvalue weighted by atomic mass is 79.9. The van der Waals surface area contributed by atoms with Crippen molar-refractivity contribution in [2.45, 2.75) is 6.92 Å². The first-order chi connectivity index (χ1) is 7.56. The minimum Gasteiger partial charge on any atom is -0.543 e. The molecule has 0 aliphatic carbocycles. The molecule has 0 atom stereocenters. The van der Waals surface area contributed by atoms with E-state index in [9.17, 15) is 9.90 Å². The number of nitrogens with one attached hydrogen (secondary N) is 1. The highest BCUT2D eigenvalue weighted by Gasteiger charge is 2.05. The predicted molar refractivity (Wildman–Crippen MR) is 59.1 cm³/mol. The third kappa shape index (κ3) is 2.85. The van der Waals surface area contributed by atoms with Gasteiger partial charge in [-0.3, -0.25) is 0 Å². The minimum absolute atomic E-state index is 0.379. The zero-order valence-corrected chi connectivity index (χ0v) is 9.98. The van der Waals surface area contributed by atoms with Gasteiger partial charge in [0.1, 0.15) is 5.53 Å². The van der Waals surface area contributed by atoms with Crippen LogP contribution < -0.4 is 10.0 Å². The van der Waals surface area contributed by atoms with E-state index in [2.05, 4.69) is 26.0 Å². The molecule has 1 N–H and O–H groups in total. The van der Waals surface area contributed by atoms with Crippen molar-refractivity contribution in [1.82, 2.24) is 4.91 Å². The number of carbonyl (C=O) groups excluding carboxylic acids is 1. The number of carbonyl (C=O) groups is 1. The molecule has 1 aromatic carbocycles. The Balaban J connectivity index is 3.28. The molecule has 0 bridgehead atoms. The van der Waals surface area contributed by atoms with E-state index in [1.165, 1.54) is 6.08 Å². The van der Waals surface area contributed by atoms with E-state index >= 15 is 0 Å². The van der Waals surface area contributed by atoms with Crippen molar-refractivity contribution in [2.75, 3.05) is 0 Å². The molecule has 5 nitrogen and oxygen atoms in total. The van der Waals surface area contributed by atoms with Crippen LogP contribution in [0, 0.1) is 12.5 Å². The van der Waals surface area contributed by atoms with Gasteiger partial charge in [0.25, 0.3) is 0 Å². The van der Waals surface area contributed by atoms with Crippen LogP contribution in [0.1, 0.15) is 11.1 Å². The fraction of sp³-hybridized carbons (Fsp3) is 0.100. The Hall–Kier alpha value is -1.78. The van der Waals surface area contributed by atoms with Gasteiger partial charge in [0.05, 0.1) is 5.97 Å². The lowest BCUT2D eigenvalue weighted by atomic mass is 10.1. The van der Waals surface area contributed by atoms with Crippen LogP contribution in [-0.4, -0.2) is 5.97 Å². The topological polar surface area (TPSA) is 90.4 Å². The molecule has 1 aromatic rings. The standard InChI is InChI=1S/C10H8BrN3O2/c1-6-7(3-2-4-8(6)11)5-9(10(15)16)13-14-12/h2-5,12H,1H3. The maximum Gasteiger partial charge on any atom is 0.220 e. The third-order valence-corrected chi connectivity index (χ3v) is 2.83. The molecule has 0 saturated carbocycles. The Kier molecular flexibility index (Phi) is 4.10. The summed E-state index contributed by atoms with van der Waals surface area (Å²) in [4.78, 5) is 13.3. The van der Waals surface area contributed by atoms with Gasteiger partial charge in [0.2, 0.25) is 4.91 Å². The molecule has 6 heteroatoms. The van der Waals surface area contributed by atoms with Gasteiger partial charge in [0, 0.05) is 4.47 Å². The van der Waals surface area contributed by atoms with Crippen LogP contribution in [-0.2, 0) is 4.79 Å². The Bertz CT molecular complexity index is 501. The van der Waals surface area contributed by atoms with Gasteiger partial charge in [-0.1, -0.05) is 28.1 Å². The lowest BCUT2D eigenvalue weighted by molar-refractivity contribution is -0.299. The van der Waals surface area contributed by atoms with Crippen molar-refractivity contribution < 1.29 is 9.90 Å². The van der Waals surface area contributed by atoms with Crippen LogP contribution in [0.4, 0.5) is 0 Å². The summed E-state index contributed by atoms with van der Waals surface area (Å²) in [7, 11) is 0. The average Bonchev–Trinajstić information content (AvgIpc) is 2.23. The summed E-state index contributed by atoms with van der Waals surface area (Å²) in [5, 5.41) is 13.8. The number of nitrogens with zero attached hydrogens (tertiary/aromatic N) is 2. The molecule has 0 fully saturated rings. The molecule has 0 aliphatic heterocycles.